The second-order valence-electron chi connectivity index (χ2n) is 5.97. The number of carbonyl (C=O) groups excluding carboxylic acids is 1. The van der Waals surface area contributed by atoms with E-state index in [1.807, 2.05) is 45.2 Å². The fourth-order valence-corrected chi connectivity index (χ4v) is 1.92. The van der Waals surface area contributed by atoms with Gasteiger partial charge in [0, 0.05) is 44.9 Å². The SMILES string of the molecule is CNc1ccc(OCCCOCCCCOCC(=O)C(C)C)cc1. The molecule has 136 valence electrons. The van der Waals surface area contributed by atoms with Crippen LogP contribution in [0.4, 0.5) is 5.69 Å². The molecule has 0 aliphatic rings. The number of anilines is 1. The van der Waals surface area contributed by atoms with Gasteiger partial charge in [-0.05, 0) is 37.1 Å². The second kappa shape index (κ2) is 12.8. The maximum absolute atomic E-state index is 11.3. The van der Waals surface area contributed by atoms with E-state index in [4.69, 9.17) is 14.2 Å². The van der Waals surface area contributed by atoms with Gasteiger partial charge in [0.2, 0.25) is 0 Å². The largest absolute Gasteiger partial charge is 0.494 e. The molecule has 0 aliphatic carbocycles. The van der Waals surface area contributed by atoms with Gasteiger partial charge in [-0.3, -0.25) is 4.79 Å². The van der Waals surface area contributed by atoms with E-state index >= 15 is 0 Å². The first-order valence-electron chi connectivity index (χ1n) is 8.72. The highest BCUT2D eigenvalue weighted by Crippen LogP contribution is 2.15. The summed E-state index contributed by atoms with van der Waals surface area (Å²) in [5, 5.41) is 3.07. The first-order chi connectivity index (χ1) is 11.6. The third-order valence-corrected chi connectivity index (χ3v) is 3.56. The highest BCUT2D eigenvalue weighted by atomic mass is 16.5. The molecule has 0 radical (unpaired) electrons. The molecule has 1 N–H and O–H groups in total. The minimum atomic E-state index is 0.0526. The Labute approximate surface area is 145 Å². The van der Waals surface area contributed by atoms with Crippen LogP contribution in [-0.4, -0.2) is 45.9 Å². The summed E-state index contributed by atoms with van der Waals surface area (Å²) < 4.78 is 16.5. The smallest absolute Gasteiger partial charge is 0.160 e. The van der Waals surface area contributed by atoms with E-state index in [1.54, 1.807) is 0 Å². The van der Waals surface area contributed by atoms with Crippen molar-refractivity contribution in [2.45, 2.75) is 33.1 Å². The van der Waals surface area contributed by atoms with Crippen molar-refractivity contribution in [2.75, 3.05) is 45.4 Å². The predicted molar refractivity (Wildman–Crippen MR) is 96.8 cm³/mol. The third kappa shape index (κ3) is 9.53. The number of Topliss-reactive ketones (excluding diaryl/α,β-unsaturated/α-hetero) is 1. The number of ketones is 1. The highest BCUT2D eigenvalue weighted by Gasteiger charge is 2.06. The van der Waals surface area contributed by atoms with Crippen molar-refractivity contribution in [3.05, 3.63) is 24.3 Å². The van der Waals surface area contributed by atoms with Gasteiger partial charge in [-0.2, -0.15) is 0 Å². The van der Waals surface area contributed by atoms with Crippen LogP contribution in [0.2, 0.25) is 0 Å². The predicted octanol–water partition coefficient (Wildman–Crippen LogP) is 3.54. The highest BCUT2D eigenvalue weighted by molar-refractivity contribution is 5.81. The van der Waals surface area contributed by atoms with Crippen LogP contribution >= 0.6 is 0 Å². The van der Waals surface area contributed by atoms with E-state index in [1.165, 1.54) is 0 Å². The molecule has 0 saturated heterocycles. The Hall–Kier alpha value is -1.59. The fraction of sp³-hybridized carbons (Fsp3) is 0.632. The molecule has 1 rings (SSSR count). The molecule has 0 spiro atoms. The Bertz CT molecular complexity index is 445. The summed E-state index contributed by atoms with van der Waals surface area (Å²) in [6.07, 6.45) is 2.73. The van der Waals surface area contributed by atoms with Crippen molar-refractivity contribution in [2.24, 2.45) is 5.92 Å². The normalized spacial score (nSPS) is 10.8. The van der Waals surface area contributed by atoms with Crippen LogP contribution in [0, 0.1) is 5.92 Å². The zero-order chi connectivity index (χ0) is 17.6. The molecule has 0 bridgehead atoms. The summed E-state index contributed by atoms with van der Waals surface area (Å²) >= 11 is 0. The van der Waals surface area contributed by atoms with E-state index < -0.39 is 0 Å². The molecule has 0 amide bonds. The second-order valence-corrected chi connectivity index (χ2v) is 5.97. The Morgan fingerprint density at radius 1 is 0.958 bits per heavy atom. The number of hydrogen-bond acceptors (Lipinski definition) is 5. The van der Waals surface area contributed by atoms with Crippen LogP contribution in [-0.2, 0) is 14.3 Å². The van der Waals surface area contributed by atoms with Gasteiger partial charge < -0.3 is 19.5 Å². The quantitative estimate of drug-likeness (QED) is 0.526. The van der Waals surface area contributed by atoms with E-state index in [0.717, 1.165) is 37.3 Å². The third-order valence-electron chi connectivity index (χ3n) is 3.56. The number of benzene rings is 1. The topological polar surface area (TPSA) is 56.8 Å². The summed E-state index contributed by atoms with van der Waals surface area (Å²) in [7, 11) is 1.89. The number of carbonyl (C=O) groups is 1. The molecule has 0 atom stereocenters. The lowest BCUT2D eigenvalue weighted by atomic mass is 10.1. The van der Waals surface area contributed by atoms with Crippen molar-refractivity contribution in [1.82, 2.24) is 0 Å². The molecule has 1 aromatic rings. The monoisotopic (exact) mass is 337 g/mol. The van der Waals surface area contributed by atoms with Gasteiger partial charge in [0.25, 0.3) is 0 Å². The van der Waals surface area contributed by atoms with Gasteiger partial charge in [0.1, 0.15) is 12.4 Å². The van der Waals surface area contributed by atoms with Crippen LogP contribution in [0.3, 0.4) is 0 Å². The number of ether oxygens (including phenoxy) is 3. The van der Waals surface area contributed by atoms with Gasteiger partial charge in [-0.1, -0.05) is 13.8 Å². The number of hydrogen-bond donors (Lipinski definition) is 1. The van der Waals surface area contributed by atoms with Crippen molar-refractivity contribution in [1.29, 1.82) is 0 Å². The van der Waals surface area contributed by atoms with E-state index in [-0.39, 0.29) is 18.3 Å². The van der Waals surface area contributed by atoms with Gasteiger partial charge >= 0.3 is 0 Å². The first kappa shape index (κ1) is 20.5. The number of nitrogens with one attached hydrogen (secondary N) is 1. The maximum atomic E-state index is 11.3. The summed E-state index contributed by atoms with van der Waals surface area (Å²) in [6.45, 7) is 6.69. The van der Waals surface area contributed by atoms with E-state index in [0.29, 0.717) is 19.8 Å². The molecule has 0 aromatic heterocycles. The zero-order valence-electron chi connectivity index (χ0n) is 15.2. The molecule has 0 saturated carbocycles. The van der Waals surface area contributed by atoms with Gasteiger partial charge in [0.15, 0.2) is 5.78 Å². The maximum Gasteiger partial charge on any atom is 0.160 e. The molecule has 5 nitrogen and oxygen atoms in total. The van der Waals surface area contributed by atoms with E-state index in [9.17, 15) is 4.79 Å². The molecule has 0 unspecified atom stereocenters. The average molecular weight is 337 g/mol. The molecule has 1 aromatic carbocycles. The first-order valence-corrected chi connectivity index (χ1v) is 8.72. The van der Waals surface area contributed by atoms with Crippen LogP contribution in [0.15, 0.2) is 24.3 Å². The van der Waals surface area contributed by atoms with Gasteiger partial charge in [0.05, 0.1) is 6.61 Å². The standard InChI is InChI=1S/C19H31NO4/c1-16(2)19(21)15-23-12-5-4-11-22-13-6-14-24-18-9-7-17(20-3)8-10-18/h7-10,16,20H,4-6,11-15H2,1-3H3. The average Bonchev–Trinajstić information content (AvgIpc) is 2.59. The van der Waals surface area contributed by atoms with E-state index in [2.05, 4.69) is 5.32 Å². The van der Waals surface area contributed by atoms with Crippen LogP contribution in [0.1, 0.15) is 33.1 Å². The van der Waals surface area contributed by atoms with Gasteiger partial charge in [-0.15, -0.1) is 0 Å². The van der Waals surface area contributed by atoms with Crippen molar-refractivity contribution < 1.29 is 19.0 Å². The lowest BCUT2D eigenvalue weighted by Crippen LogP contribution is -2.15. The number of unbranched alkanes of at least 4 members (excludes halogenated alkanes) is 1. The minimum absolute atomic E-state index is 0.0526. The minimum Gasteiger partial charge on any atom is -0.494 e. The van der Waals surface area contributed by atoms with Crippen LogP contribution < -0.4 is 10.1 Å². The molecule has 0 aliphatic heterocycles. The lowest BCUT2D eigenvalue weighted by Gasteiger charge is -2.08. The molecule has 0 heterocycles. The summed E-state index contributed by atoms with van der Waals surface area (Å²) in [4.78, 5) is 11.3. The Morgan fingerprint density at radius 3 is 2.21 bits per heavy atom. The molecular formula is C19H31NO4. The Morgan fingerprint density at radius 2 is 1.58 bits per heavy atom. The van der Waals surface area contributed by atoms with Crippen molar-refractivity contribution in [3.63, 3.8) is 0 Å². The number of rotatable bonds is 14. The Kier molecular flexibility index (Phi) is 10.9. The zero-order valence-corrected chi connectivity index (χ0v) is 15.2. The summed E-state index contributed by atoms with van der Waals surface area (Å²) in [5.74, 6) is 1.09. The molecule has 0 fully saturated rings. The van der Waals surface area contributed by atoms with Crippen LogP contribution in [0.25, 0.3) is 0 Å². The molecule has 5 heteroatoms. The van der Waals surface area contributed by atoms with Crippen molar-refractivity contribution in [3.8, 4) is 5.75 Å². The molecular weight excluding hydrogens is 306 g/mol. The molecule has 24 heavy (non-hydrogen) atoms. The lowest BCUT2D eigenvalue weighted by molar-refractivity contribution is -0.126. The summed E-state index contributed by atoms with van der Waals surface area (Å²) in [6, 6.07) is 7.89. The van der Waals surface area contributed by atoms with Gasteiger partial charge in [-0.25, -0.2) is 0 Å². The Balaban J connectivity index is 1.87. The van der Waals surface area contributed by atoms with Crippen molar-refractivity contribution >= 4 is 11.5 Å². The van der Waals surface area contributed by atoms with Crippen LogP contribution in [0.5, 0.6) is 5.75 Å². The summed E-state index contributed by atoms with van der Waals surface area (Å²) in [5.41, 5.74) is 1.07. The fourth-order valence-electron chi connectivity index (χ4n) is 1.92.